The van der Waals surface area contributed by atoms with Gasteiger partial charge in [0.1, 0.15) is 0 Å². The molecule has 2 unspecified atom stereocenters. The number of hydrogen-bond donors (Lipinski definition) is 2. The number of hydrogen-bond acceptors (Lipinski definition) is 2. The fourth-order valence-corrected chi connectivity index (χ4v) is 2.49. The summed E-state index contributed by atoms with van der Waals surface area (Å²) in [5.41, 5.74) is 0.566. The van der Waals surface area contributed by atoms with E-state index in [1.807, 2.05) is 0 Å². The topological polar surface area (TPSA) is 41.1 Å². The molecule has 0 aromatic heterocycles. The molecule has 0 aliphatic carbocycles. The minimum absolute atomic E-state index is 0.0593. The van der Waals surface area contributed by atoms with E-state index in [4.69, 9.17) is 0 Å². The van der Waals surface area contributed by atoms with Crippen LogP contribution < -0.4 is 10.6 Å². The van der Waals surface area contributed by atoms with Crippen LogP contribution in [0.4, 0.5) is 8.78 Å². The van der Waals surface area contributed by atoms with E-state index in [-0.39, 0.29) is 11.9 Å². The zero-order chi connectivity index (χ0) is 14.5. The van der Waals surface area contributed by atoms with Gasteiger partial charge in [0.2, 0.25) is 5.91 Å². The van der Waals surface area contributed by atoms with Crippen molar-refractivity contribution >= 4 is 5.91 Å². The molecule has 0 spiro atoms. The van der Waals surface area contributed by atoms with Crippen LogP contribution >= 0.6 is 0 Å². The van der Waals surface area contributed by atoms with Gasteiger partial charge in [0.15, 0.2) is 11.6 Å². The first-order chi connectivity index (χ1) is 9.56. The van der Waals surface area contributed by atoms with Gasteiger partial charge < -0.3 is 10.6 Å². The molecule has 110 valence electrons. The van der Waals surface area contributed by atoms with E-state index in [2.05, 4.69) is 10.6 Å². The van der Waals surface area contributed by atoms with E-state index in [0.29, 0.717) is 18.0 Å². The van der Waals surface area contributed by atoms with Gasteiger partial charge in [-0.1, -0.05) is 6.07 Å². The molecule has 1 amide bonds. The second-order valence-corrected chi connectivity index (χ2v) is 5.29. The van der Waals surface area contributed by atoms with Crippen LogP contribution in [0.1, 0.15) is 44.2 Å². The van der Waals surface area contributed by atoms with Crippen LogP contribution in [0.15, 0.2) is 18.2 Å². The summed E-state index contributed by atoms with van der Waals surface area (Å²) in [6, 6.07) is 3.80. The lowest BCUT2D eigenvalue weighted by molar-refractivity contribution is -0.121. The lowest BCUT2D eigenvalue weighted by Crippen LogP contribution is -2.29. The van der Waals surface area contributed by atoms with Gasteiger partial charge >= 0.3 is 0 Å². The maximum absolute atomic E-state index is 13.1. The summed E-state index contributed by atoms with van der Waals surface area (Å²) >= 11 is 0. The first-order valence-electron chi connectivity index (χ1n) is 7.04. The molecule has 2 atom stereocenters. The Morgan fingerprint density at radius 1 is 1.45 bits per heavy atom. The van der Waals surface area contributed by atoms with Crippen molar-refractivity contribution in [3.05, 3.63) is 35.4 Å². The lowest BCUT2D eigenvalue weighted by atomic mass is 10.1. The van der Waals surface area contributed by atoms with Crippen molar-refractivity contribution in [2.45, 2.75) is 44.7 Å². The first kappa shape index (κ1) is 14.9. The molecule has 1 aliphatic rings. The van der Waals surface area contributed by atoms with Gasteiger partial charge in [0.25, 0.3) is 0 Å². The molecule has 0 saturated carbocycles. The maximum Gasteiger partial charge on any atom is 0.220 e. The van der Waals surface area contributed by atoms with Gasteiger partial charge in [-0.25, -0.2) is 8.78 Å². The Labute approximate surface area is 117 Å². The molecular formula is C15H20F2N2O. The van der Waals surface area contributed by atoms with Crippen molar-refractivity contribution in [2.75, 3.05) is 6.54 Å². The normalized spacial score (nSPS) is 19.9. The predicted molar refractivity (Wildman–Crippen MR) is 73.2 cm³/mol. The highest BCUT2D eigenvalue weighted by atomic mass is 19.2. The zero-order valence-electron chi connectivity index (χ0n) is 11.6. The standard InChI is InChI=1S/C15H20F2N2O/c1-10(11-4-6-13(16)14(17)9-11)19-15(20)7-5-12-3-2-8-18-12/h4,6,9-10,12,18H,2-3,5,7-8H2,1H3,(H,19,20). The number of benzene rings is 1. The van der Waals surface area contributed by atoms with E-state index >= 15 is 0 Å². The number of nitrogens with one attached hydrogen (secondary N) is 2. The minimum Gasteiger partial charge on any atom is -0.350 e. The Bertz CT molecular complexity index is 473. The van der Waals surface area contributed by atoms with Crippen LogP contribution in [0, 0.1) is 11.6 Å². The second kappa shape index (κ2) is 6.79. The number of rotatable bonds is 5. The Morgan fingerprint density at radius 3 is 2.90 bits per heavy atom. The van der Waals surface area contributed by atoms with Crippen LogP contribution in [0.2, 0.25) is 0 Å². The van der Waals surface area contributed by atoms with Gasteiger partial charge in [-0.2, -0.15) is 0 Å². The van der Waals surface area contributed by atoms with Gasteiger partial charge in [-0.05, 0) is 50.4 Å². The molecule has 0 radical (unpaired) electrons. The highest BCUT2D eigenvalue weighted by molar-refractivity contribution is 5.76. The van der Waals surface area contributed by atoms with Gasteiger partial charge in [0, 0.05) is 12.5 Å². The smallest absolute Gasteiger partial charge is 0.220 e. The third kappa shape index (κ3) is 4.00. The molecule has 1 fully saturated rings. The third-order valence-electron chi connectivity index (χ3n) is 3.70. The second-order valence-electron chi connectivity index (χ2n) is 5.29. The molecule has 0 bridgehead atoms. The Balaban J connectivity index is 1.81. The molecule has 2 N–H and O–H groups in total. The quantitative estimate of drug-likeness (QED) is 0.871. The van der Waals surface area contributed by atoms with Gasteiger partial charge in [0.05, 0.1) is 6.04 Å². The van der Waals surface area contributed by atoms with E-state index in [0.717, 1.165) is 37.9 Å². The van der Waals surface area contributed by atoms with E-state index in [1.165, 1.54) is 6.07 Å². The molecule has 5 heteroatoms. The lowest BCUT2D eigenvalue weighted by Gasteiger charge is -2.16. The average Bonchev–Trinajstić information content (AvgIpc) is 2.92. The molecule has 2 rings (SSSR count). The molecule has 1 aromatic carbocycles. The molecule has 1 aromatic rings. The van der Waals surface area contributed by atoms with Crippen LogP contribution in [0.3, 0.4) is 0 Å². The highest BCUT2D eigenvalue weighted by Crippen LogP contribution is 2.16. The number of halogens is 2. The molecular weight excluding hydrogens is 262 g/mol. The predicted octanol–water partition coefficient (Wildman–Crippen LogP) is 2.67. The summed E-state index contributed by atoms with van der Waals surface area (Å²) < 4.78 is 26.0. The maximum atomic E-state index is 13.1. The van der Waals surface area contributed by atoms with E-state index < -0.39 is 11.6 Å². The first-order valence-corrected chi connectivity index (χ1v) is 7.04. The van der Waals surface area contributed by atoms with Crippen LogP contribution in [0.25, 0.3) is 0 Å². The fraction of sp³-hybridized carbons (Fsp3) is 0.533. The van der Waals surface area contributed by atoms with Crippen LogP contribution in [0.5, 0.6) is 0 Å². The summed E-state index contributed by atoms with van der Waals surface area (Å²) in [5, 5.41) is 6.15. The SMILES string of the molecule is CC(NC(=O)CCC1CCCN1)c1ccc(F)c(F)c1. The minimum atomic E-state index is -0.890. The number of amides is 1. The van der Waals surface area contributed by atoms with Gasteiger partial charge in [-0.3, -0.25) is 4.79 Å². The largest absolute Gasteiger partial charge is 0.350 e. The van der Waals surface area contributed by atoms with E-state index in [9.17, 15) is 13.6 Å². The van der Waals surface area contributed by atoms with Crippen molar-refractivity contribution in [3.8, 4) is 0 Å². The van der Waals surface area contributed by atoms with Crippen LogP contribution in [-0.4, -0.2) is 18.5 Å². The summed E-state index contributed by atoms with van der Waals surface area (Å²) in [6.45, 7) is 2.79. The number of carbonyl (C=O) groups is 1. The fourth-order valence-electron chi connectivity index (χ4n) is 2.49. The van der Waals surface area contributed by atoms with Crippen LogP contribution in [-0.2, 0) is 4.79 Å². The summed E-state index contributed by atoms with van der Waals surface area (Å²) in [5.74, 6) is -1.82. The Hall–Kier alpha value is -1.49. The van der Waals surface area contributed by atoms with Crippen molar-refractivity contribution in [2.24, 2.45) is 0 Å². The molecule has 1 heterocycles. The van der Waals surface area contributed by atoms with Crippen molar-refractivity contribution in [1.82, 2.24) is 10.6 Å². The Kier molecular flexibility index (Phi) is 5.06. The number of carbonyl (C=O) groups excluding carboxylic acids is 1. The van der Waals surface area contributed by atoms with E-state index in [1.54, 1.807) is 6.92 Å². The summed E-state index contributed by atoms with van der Waals surface area (Å²) in [7, 11) is 0. The summed E-state index contributed by atoms with van der Waals surface area (Å²) in [4.78, 5) is 11.8. The summed E-state index contributed by atoms with van der Waals surface area (Å²) in [6.07, 6.45) is 3.55. The average molecular weight is 282 g/mol. The van der Waals surface area contributed by atoms with Crippen molar-refractivity contribution < 1.29 is 13.6 Å². The molecule has 1 saturated heterocycles. The van der Waals surface area contributed by atoms with Crippen molar-refractivity contribution in [3.63, 3.8) is 0 Å². The highest BCUT2D eigenvalue weighted by Gasteiger charge is 2.16. The molecule has 20 heavy (non-hydrogen) atoms. The third-order valence-corrected chi connectivity index (χ3v) is 3.70. The molecule has 1 aliphatic heterocycles. The molecule has 3 nitrogen and oxygen atoms in total. The van der Waals surface area contributed by atoms with Gasteiger partial charge in [-0.15, -0.1) is 0 Å². The Morgan fingerprint density at radius 2 is 2.25 bits per heavy atom. The van der Waals surface area contributed by atoms with Crippen molar-refractivity contribution in [1.29, 1.82) is 0 Å². The monoisotopic (exact) mass is 282 g/mol. The zero-order valence-corrected chi connectivity index (χ0v) is 11.6.